The van der Waals surface area contributed by atoms with Gasteiger partial charge in [-0.05, 0) is 30.4 Å². The van der Waals surface area contributed by atoms with Crippen LogP contribution in [0.4, 0.5) is 4.79 Å². The number of aliphatic hydroxyl groups is 1. The molecule has 1 rings (SSSR count). The van der Waals surface area contributed by atoms with Crippen LogP contribution in [0, 0.1) is 0 Å². The van der Waals surface area contributed by atoms with Crippen LogP contribution in [-0.4, -0.2) is 36.2 Å². The van der Waals surface area contributed by atoms with Crippen molar-refractivity contribution in [3.8, 4) is 0 Å². The number of aliphatic hydroxyl groups excluding tert-OH is 1. The van der Waals surface area contributed by atoms with Gasteiger partial charge in [0.25, 0.3) is 0 Å². The fourth-order valence-corrected chi connectivity index (χ4v) is 2.08. The average Bonchev–Trinajstić information content (AvgIpc) is 2.44. The lowest BCUT2D eigenvalue weighted by atomic mass is 10.1. The number of hydrogen-bond donors (Lipinski definition) is 3. The molecule has 0 aliphatic rings. The van der Waals surface area contributed by atoms with Crippen LogP contribution in [-0.2, 0) is 0 Å². The fraction of sp³-hybridized carbons (Fsp3) is 0.500. The third-order valence-electron chi connectivity index (χ3n) is 2.70. The molecular weight excluding hydrogens is 260 g/mol. The SMILES string of the molecule is CSCCCNC(=O)NCCC(O)c1ccccc1. The van der Waals surface area contributed by atoms with E-state index < -0.39 is 6.10 Å². The highest BCUT2D eigenvalue weighted by Crippen LogP contribution is 2.14. The van der Waals surface area contributed by atoms with Crippen LogP contribution >= 0.6 is 11.8 Å². The summed E-state index contributed by atoms with van der Waals surface area (Å²) in [5.41, 5.74) is 0.879. The largest absolute Gasteiger partial charge is 0.388 e. The molecule has 0 fully saturated rings. The Morgan fingerprint density at radius 1 is 1.26 bits per heavy atom. The molecule has 0 saturated carbocycles. The van der Waals surface area contributed by atoms with Crippen LogP contribution in [0.25, 0.3) is 0 Å². The number of hydrogen-bond acceptors (Lipinski definition) is 3. The quantitative estimate of drug-likeness (QED) is 0.640. The van der Waals surface area contributed by atoms with Gasteiger partial charge in [-0.1, -0.05) is 30.3 Å². The lowest BCUT2D eigenvalue weighted by Crippen LogP contribution is -2.37. The monoisotopic (exact) mass is 282 g/mol. The molecule has 1 unspecified atom stereocenters. The molecule has 0 bridgehead atoms. The normalized spacial score (nSPS) is 11.9. The van der Waals surface area contributed by atoms with Crippen molar-refractivity contribution in [2.24, 2.45) is 0 Å². The van der Waals surface area contributed by atoms with Crippen molar-refractivity contribution in [2.75, 3.05) is 25.1 Å². The van der Waals surface area contributed by atoms with Gasteiger partial charge in [-0.25, -0.2) is 4.79 Å². The lowest BCUT2D eigenvalue weighted by Gasteiger charge is -2.12. The van der Waals surface area contributed by atoms with Crippen molar-refractivity contribution in [3.63, 3.8) is 0 Å². The maximum Gasteiger partial charge on any atom is 0.314 e. The number of carbonyl (C=O) groups is 1. The Morgan fingerprint density at radius 3 is 2.63 bits per heavy atom. The molecule has 1 aromatic rings. The summed E-state index contributed by atoms with van der Waals surface area (Å²) in [6.45, 7) is 1.15. The van der Waals surface area contributed by atoms with Gasteiger partial charge < -0.3 is 15.7 Å². The molecular formula is C14H22N2O2S. The van der Waals surface area contributed by atoms with Crippen molar-refractivity contribution in [1.82, 2.24) is 10.6 Å². The summed E-state index contributed by atoms with van der Waals surface area (Å²) in [6, 6.07) is 9.30. The first-order valence-electron chi connectivity index (χ1n) is 6.47. The highest BCUT2D eigenvalue weighted by atomic mass is 32.2. The van der Waals surface area contributed by atoms with E-state index in [1.54, 1.807) is 11.8 Å². The third kappa shape index (κ3) is 7.08. The number of rotatable bonds is 8. The zero-order valence-electron chi connectivity index (χ0n) is 11.3. The van der Waals surface area contributed by atoms with E-state index in [-0.39, 0.29) is 6.03 Å². The van der Waals surface area contributed by atoms with Gasteiger partial charge in [-0.2, -0.15) is 11.8 Å². The summed E-state index contributed by atoms with van der Waals surface area (Å²) >= 11 is 1.77. The molecule has 5 heteroatoms. The Morgan fingerprint density at radius 2 is 1.95 bits per heavy atom. The van der Waals surface area contributed by atoms with Crippen LogP contribution in [0.1, 0.15) is 24.5 Å². The number of nitrogens with one attached hydrogen (secondary N) is 2. The molecule has 0 saturated heterocycles. The van der Waals surface area contributed by atoms with Gasteiger partial charge in [0.05, 0.1) is 6.10 Å². The van der Waals surface area contributed by atoms with Gasteiger partial charge in [0.2, 0.25) is 0 Å². The summed E-state index contributed by atoms with van der Waals surface area (Å²) in [7, 11) is 0. The molecule has 0 spiro atoms. The number of benzene rings is 1. The van der Waals surface area contributed by atoms with Gasteiger partial charge in [-0.15, -0.1) is 0 Å². The van der Waals surface area contributed by atoms with Crippen LogP contribution in [0.15, 0.2) is 30.3 Å². The van der Waals surface area contributed by atoms with Gasteiger partial charge in [0.1, 0.15) is 0 Å². The molecule has 3 N–H and O–H groups in total. The highest BCUT2D eigenvalue weighted by Gasteiger charge is 2.07. The standard InChI is InChI=1S/C14H22N2O2S/c1-19-11-5-9-15-14(18)16-10-8-13(17)12-6-3-2-4-7-12/h2-4,6-7,13,17H,5,8-11H2,1H3,(H2,15,16,18). The maximum absolute atomic E-state index is 11.4. The predicted molar refractivity (Wildman–Crippen MR) is 80.4 cm³/mol. The van der Waals surface area contributed by atoms with E-state index in [0.29, 0.717) is 19.5 Å². The Bertz CT molecular complexity index is 360. The first-order valence-corrected chi connectivity index (χ1v) is 7.87. The summed E-state index contributed by atoms with van der Waals surface area (Å²) in [5, 5.41) is 15.4. The van der Waals surface area contributed by atoms with Crippen molar-refractivity contribution in [2.45, 2.75) is 18.9 Å². The first-order chi connectivity index (χ1) is 9.24. The minimum absolute atomic E-state index is 0.165. The summed E-state index contributed by atoms with van der Waals surface area (Å²) < 4.78 is 0. The van der Waals surface area contributed by atoms with Crippen LogP contribution in [0.5, 0.6) is 0 Å². The Balaban J connectivity index is 2.11. The number of thioether (sulfide) groups is 1. The van der Waals surface area contributed by atoms with E-state index in [1.807, 2.05) is 36.6 Å². The second kappa shape index (κ2) is 9.69. The van der Waals surface area contributed by atoms with Crippen LogP contribution in [0.2, 0.25) is 0 Å². The van der Waals surface area contributed by atoms with Crippen LogP contribution in [0.3, 0.4) is 0 Å². The number of urea groups is 1. The molecule has 4 nitrogen and oxygen atoms in total. The van der Waals surface area contributed by atoms with Crippen molar-refractivity contribution >= 4 is 17.8 Å². The zero-order chi connectivity index (χ0) is 13.9. The Hall–Kier alpha value is -1.20. The number of carbonyl (C=O) groups excluding carboxylic acids is 1. The van der Waals surface area contributed by atoms with Crippen molar-refractivity contribution < 1.29 is 9.90 Å². The average molecular weight is 282 g/mol. The number of amides is 2. The van der Waals surface area contributed by atoms with E-state index in [2.05, 4.69) is 10.6 Å². The summed E-state index contributed by atoms with van der Waals surface area (Å²) in [4.78, 5) is 11.4. The molecule has 19 heavy (non-hydrogen) atoms. The molecule has 2 amide bonds. The Labute approximate surface area is 119 Å². The minimum atomic E-state index is -0.530. The van der Waals surface area contributed by atoms with Gasteiger partial charge in [0, 0.05) is 13.1 Å². The van der Waals surface area contributed by atoms with E-state index in [0.717, 1.165) is 17.7 Å². The zero-order valence-corrected chi connectivity index (χ0v) is 12.1. The second-order valence-electron chi connectivity index (χ2n) is 4.24. The van der Waals surface area contributed by atoms with E-state index >= 15 is 0 Å². The van der Waals surface area contributed by atoms with Crippen molar-refractivity contribution in [1.29, 1.82) is 0 Å². The summed E-state index contributed by atoms with van der Waals surface area (Å²) in [6.07, 6.45) is 3.01. The molecule has 0 radical (unpaired) electrons. The predicted octanol–water partition coefficient (Wildman–Crippen LogP) is 2.16. The molecule has 0 aliphatic carbocycles. The molecule has 1 aromatic carbocycles. The molecule has 0 heterocycles. The van der Waals surface area contributed by atoms with Crippen molar-refractivity contribution in [3.05, 3.63) is 35.9 Å². The second-order valence-corrected chi connectivity index (χ2v) is 5.23. The Kier molecular flexibility index (Phi) is 8.09. The maximum atomic E-state index is 11.4. The smallest absolute Gasteiger partial charge is 0.314 e. The van der Waals surface area contributed by atoms with Gasteiger partial charge in [-0.3, -0.25) is 0 Å². The molecule has 0 aromatic heterocycles. The topological polar surface area (TPSA) is 61.4 Å². The highest BCUT2D eigenvalue weighted by molar-refractivity contribution is 7.98. The molecule has 0 aliphatic heterocycles. The molecule has 1 atom stereocenters. The first kappa shape index (κ1) is 15.9. The fourth-order valence-electron chi connectivity index (χ4n) is 1.65. The van der Waals surface area contributed by atoms with Crippen LogP contribution < -0.4 is 10.6 Å². The third-order valence-corrected chi connectivity index (χ3v) is 3.40. The minimum Gasteiger partial charge on any atom is -0.388 e. The van der Waals surface area contributed by atoms with Gasteiger partial charge >= 0.3 is 6.03 Å². The summed E-state index contributed by atoms with van der Waals surface area (Å²) in [5.74, 6) is 1.05. The van der Waals surface area contributed by atoms with E-state index in [1.165, 1.54) is 0 Å². The molecule has 106 valence electrons. The lowest BCUT2D eigenvalue weighted by molar-refractivity contribution is 0.167. The van der Waals surface area contributed by atoms with Gasteiger partial charge in [0.15, 0.2) is 0 Å². The van der Waals surface area contributed by atoms with E-state index in [4.69, 9.17) is 0 Å². The van der Waals surface area contributed by atoms with E-state index in [9.17, 15) is 9.90 Å².